The molecule has 0 spiro atoms. The van der Waals surface area contributed by atoms with Crippen LogP contribution in [0.3, 0.4) is 0 Å². The summed E-state index contributed by atoms with van der Waals surface area (Å²) < 4.78 is 0. The Kier molecular flexibility index (Phi) is 2.80. The summed E-state index contributed by atoms with van der Waals surface area (Å²) in [4.78, 5) is 14.5. The molecule has 1 aromatic heterocycles. The van der Waals surface area contributed by atoms with Crippen LogP contribution in [0.1, 0.15) is 6.92 Å². The van der Waals surface area contributed by atoms with Crippen LogP contribution in [-0.4, -0.2) is 10.9 Å². The van der Waals surface area contributed by atoms with Crippen LogP contribution in [0.5, 0.6) is 0 Å². The lowest BCUT2D eigenvalue weighted by Crippen LogP contribution is -2.05. The summed E-state index contributed by atoms with van der Waals surface area (Å²) >= 11 is 0. The number of anilines is 1. The second-order valence-corrected chi connectivity index (χ2v) is 4.53. The van der Waals surface area contributed by atoms with Crippen molar-refractivity contribution in [3.8, 4) is 11.3 Å². The van der Waals surface area contributed by atoms with Crippen molar-refractivity contribution in [2.24, 2.45) is 0 Å². The second kappa shape index (κ2) is 4.61. The molecule has 94 valence electrons. The Morgan fingerprint density at radius 1 is 1.05 bits per heavy atom. The van der Waals surface area contributed by atoms with Crippen LogP contribution in [0.15, 0.2) is 54.6 Å². The highest BCUT2D eigenvalue weighted by Gasteiger charge is 2.04. The number of hydrogen-bond acceptors (Lipinski definition) is 1. The fourth-order valence-electron chi connectivity index (χ4n) is 2.20. The van der Waals surface area contributed by atoms with Crippen molar-refractivity contribution in [3.05, 3.63) is 54.6 Å². The minimum absolute atomic E-state index is 0.0613. The summed E-state index contributed by atoms with van der Waals surface area (Å²) in [5.41, 5.74) is 4.03. The molecule has 19 heavy (non-hydrogen) atoms. The van der Waals surface area contributed by atoms with Crippen molar-refractivity contribution in [3.63, 3.8) is 0 Å². The summed E-state index contributed by atoms with van der Waals surface area (Å²) in [7, 11) is 0. The molecular weight excluding hydrogens is 236 g/mol. The molecular formula is C16H14N2O. The van der Waals surface area contributed by atoms with Crippen LogP contribution >= 0.6 is 0 Å². The number of rotatable bonds is 2. The van der Waals surface area contributed by atoms with Gasteiger partial charge in [-0.3, -0.25) is 4.79 Å². The Bertz CT molecular complexity index is 710. The molecule has 0 fully saturated rings. The third kappa shape index (κ3) is 2.36. The Morgan fingerprint density at radius 3 is 2.68 bits per heavy atom. The lowest BCUT2D eigenvalue weighted by molar-refractivity contribution is -0.114. The van der Waals surface area contributed by atoms with Gasteiger partial charge in [-0.2, -0.15) is 0 Å². The highest BCUT2D eigenvalue weighted by molar-refractivity contribution is 5.90. The molecule has 3 heteroatoms. The average molecular weight is 250 g/mol. The smallest absolute Gasteiger partial charge is 0.221 e. The van der Waals surface area contributed by atoms with Gasteiger partial charge >= 0.3 is 0 Å². The summed E-state index contributed by atoms with van der Waals surface area (Å²) in [6.45, 7) is 1.51. The maximum absolute atomic E-state index is 11.1. The number of hydrogen-bond donors (Lipinski definition) is 2. The number of aromatic nitrogens is 1. The lowest BCUT2D eigenvalue weighted by atomic mass is 10.1. The van der Waals surface area contributed by atoms with E-state index in [-0.39, 0.29) is 5.91 Å². The van der Waals surface area contributed by atoms with E-state index in [0.717, 1.165) is 22.5 Å². The van der Waals surface area contributed by atoms with Gasteiger partial charge in [-0.1, -0.05) is 30.3 Å². The number of carbonyl (C=O) groups is 1. The zero-order chi connectivity index (χ0) is 13.2. The van der Waals surface area contributed by atoms with Gasteiger partial charge in [0, 0.05) is 34.8 Å². The van der Waals surface area contributed by atoms with E-state index in [1.807, 2.05) is 36.4 Å². The van der Waals surface area contributed by atoms with Crippen LogP contribution in [-0.2, 0) is 4.79 Å². The molecule has 3 aromatic rings. The highest BCUT2D eigenvalue weighted by Crippen LogP contribution is 2.25. The molecule has 0 atom stereocenters. The first-order valence-electron chi connectivity index (χ1n) is 6.18. The largest absolute Gasteiger partial charge is 0.355 e. The third-order valence-corrected chi connectivity index (χ3v) is 3.02. The molecule has 0 aliphatic carbocycles. The van der Waals surface area contributed by atoms with Crippen molar-refractivity contribution < 1.29 is 4.79 Å². The molecule has 1 amide bonds. The predicted molar refractivity (Wildman–Crippen MR) is 78.0 cm³/mol. The number of H-pyrrole nitrogens is 1. The van der Waals surface area contributed by atoms with E-state index in [0.29, 0.717) is 0 Å². The van der Waals surface area contributed by atoms with Gasteiger partial charge in [-0.05, 0) is 24.3 Å². The van der Waals surface area contributed by atoms with Gasteiger partial charge in [-0.25, -0.2) is 0 Å². The number of benzene rings is 2. The number of para-hydroxylation sites is 1. The van der Waals surface area contributed by atoms with Gasteiger partial charge in [0.2, 0.25) is 5.91 Å². The molecule has 2 aromatic carbocycles. The first-order chi connectivity index (χ1) is 9.22. The highest BCUT2D eigenvalue weighted by atomic mass is 16.1. The molecule has 0 unspecified atom stereocenters. The predicted octanol–water partition coefficient (Wildman–Crippen LogP) is 3.79. The number of nitrogens with one attached hydrogen (secondary N) is 2. The quantitative estimate of drug-likeness (QED) is 0.714. The molecule has 3 nitrogen and oxygen atoms in total. The SMILES string of the molecule is CC(=O)Nc1cccc(-c2cc3ccccc3[nH]2)c1. The van der Waals surface area contributed by atoms with E-state index in [1.165, 1.54) is 12.3 Å². The standard InChI is InChI=1S/C16H14N2O/c1-11(19)17-14-7-4-6-12(9-14)16-10-13-5-2-3-8-15(13)18-16/h2-10,18H,1H3,(H,17,19). The van der Waals surface area contributed by atoms with Crippen molar-refractivity contribution in [1.82, 2.24) is 4.98 Å². The lowest BCUT2D eigenvalue weighted by Gasteiger charge is -2.04. The van der Waals surface area contributed by atoms with Gasteiger partial charge in [0.15, 0.2) is 0 Å². The van der Waals surface area contributed by atoms with Crippen LogP contribution in [0, 0.1) is 0 Å². The van der Waals surface area contributed by atoms with Crippen molar-refractivity contribution >= 4 is 22.5 Å². The van der Waals surface area contributed by atoms with Gasteiger partial charge in [0.1, 0.15) is 0 Å². The fourth-order valence-corrected chi connectivity index (χ4v) is 2.20. The van der Waals surface area contributed by atoms with Crippen LogP contribution in [0.25, 0.3) is 22.2 Å². The number of fused-ring (bicyclic) bond motifs is 1. The topological polar surface area (TPSA) is 44.9 Å². The zero-order valence-corrected chi connectivity index (χ0v) is 10.6. The number of carbonyl (C=O) groups excluding carboxylic acids is 1. The Hall–Kier alpha value is -2.55. The van der Waals surface area contributed by atoms with Crippen LogP contribution in [0.4, 0.5) is 5.69 Å². The number of amides is 1. The van der Waals surface area contributed by atoms with E-state index in [4.69, 9.17) is 0 Å². The van der Waals surface area contributed by atoms with Crippen molar-refractivity contribution in [2.45, 2.75) is 6.92 Å². The van der Waals surface area contributed by atoms with E-state index < -0.39 is 0 Å². The average Bonchev–Trinajstić information content (AvgIpc) is 2.82. The summed E-state index contributed by atoms with van der Waals surface area (Å²) in [6.07, 6.45) is 0. The maximum atomic E-state index is 11.1. The second-order valence-electron chi connectivity index (χ2n) is 4.53. The molecule has 3 rings (SSSR count). The van der Waals surface area contributed by atoms with E-state index in [1.54, 1.807) is 0 Å². The Labute approximate surface area is 111 Å². The molecule has 0 saturated heterocycles. The Balaban J connectivity index is 2.03. The summed E-state index contributed by atoms with van der Waals surface area (Å²) in [5.74, 6) is -0.0613. The van der Waals surface area contributed by atoms with Gasteiger partial charge < -0.3 is 10.3 Å². The monoisotopic (exact) mass is 250 g/mol. The van der Waals surface area contributed by atoms with Crippen molar-refractivity contribution in [1.29, 1.82) is 0 Å². The zero-order valence-electron chi connectivity index (χ0n) is 10.6. The maximum Gasteiger partial charge on any atom is 0.221 e. The molecule has 0 saturated carbocycles. The summed E-state index contributed by atoms with van der Waals surface area (Å²) in [5, 5.41) is 3.98. The molecule has 0 radical (unpaired) electrons. The Morgan fingerprint density at radius 2 is 1.89 bits per heavy atom. The van der Waals surface area contributed by atoms with Gasteiger partial charge in [0.05, 0.1) is 0 Å². The minimum atomic E-state index is -0.0613. The normalized spacial score (nSPS) is 10.6. The molecule has 2 N–H and O–H groups in total. The van der Waals surface area contributed by atoms with E-state index in [9.17, 15) is 4.79 Å². The minimum Gasteiger partial charge on any atom is -0.355 e. The fraction of sp³-hybridized carbons (Fsp3) is 0.0625. The van der Waals surface area contributed by atoms with Crippen LogP contribution < -0.4 is 5.32 Å². The van der Waals surface area contributed by atoms with Gasteiger partial charge in [0.25, 0.3) is 0 Å². The first-order valence-corrected chi connectivity index (χ1v) is 6.18. The first kappa shape index (κ1) is 11.5. The third-order valence-electron chi connectivity index (χ3n) is 3.02. The van der Waals surface area contributed by atoms with Gasteiger partial charge in [-0.15, -0.1) is 0 Å². The number of aromatic amines is 1. The van der Waals surface area contributed by atoms with Crippen LogP contribution in [0.2, 0.25) is 0 Å². The molecule has 0 bridgehead atoms. The van der Waals surface area contributed by atoms with E-state index >= 15 is 0 Å². The van der Waals surface area contributed by atoms with E-state index in [2.05, 4.69) is 28.5 Å². The van der Waals surface area contributed by atoms with Crippen molar-refractivity contribution in [2.75, 3.05) is 5.32 Å². The molecule has 0 aliphatic rings. The molecule has 1 heterocycles. The summed E-state index contributed by atoms with van der Waals surface area (Å²) in [6, 6.07) is 18.1. The molecule has 0 aliphatic heterocycles.